The summed E-state index contributed by atoms with van der Waals surface area (Å²) in [6.07, 6.45) is -0.447. The molecule has 0 radical (unpaired) electrons. The highest BCUT2D eigenvalue weighted by Crippen LogP contribution is 2.44. The summed E-state index contributed by atoms with van der Waals surface area (Å²) in [5, 5.41) is 14.5. The monoisotopic (exact) mass is 452 g/mol. The predicted molar refractivity (Wildman–Crippen MR) is 126 cm³/mol. The van der Waals surface area contributed by atoms with E-state index < -0.39 is 18.1 Å². The largest absolute Gasteiger partial charge is 0.481 e. The number of amides is 2. The van der Waals surface area contributed by atoms with Crippen molar-refractivity contribution in [3.63, 3.8) is 0 Å². The minimum Gasteiger partial charge on any atom is -0.481 e. The second kappa shape index (κ2) is 11.0. The van der Waals surface area contributed by atoms with Crippen molar-refractivity contribution in [2.45, 2.75) is 45.6 Å². The maximum absolute atomic E-state index is 12.3. The summed E-state index contributed by atoms with van der Waals surface area (Å²) in [5.74, 6) is -1.29. The lowest BCUT2D eigenvalue weighted by Gasteiger charge is -2.22. The Kier molecular flexibility index (Phi) is 8.09. The molecule has 176 valence electrons. The number of carbonyl (C=O) groups excluding carboxylic acids is 2. The van der Waals surface area contributed by atoms with Crippen LogP contribution in [0.15, 0.2) is 48.5 Å². The quantitative estimate of drug-likeness (QED) is 0.502. The van der Waals surface area contributed by atoms with Crippen LogP contribution in [0.3, 0.4) is 0 Å². The summed E-state index contributed by atoms with van der Waals surface area (Å²) in [4.78, 5) is 35.6. The van der Waals surface area contributed by atoms with Crippen LogP contribution in [-0.4, -0.2) is 42.3 Å². The van der Waals surface area contributed by atoms with Gasteiger partial charge in [-0.1, -0.05) is 69.3 Å². The van der Waals surface area contributed by atoms with Crippen molar-refractivity contribution in [3.05, 3.63) is 59.7 Å². The summed E-state index contributed by atoms with van der Waals surface area (Å²) in [5.41, 5.74) is 4.64. The highest BCUT2D eigenvalue weighted by Gasteiger charge is 2.29. The molecule has 33 heavy (non-hydrogen) atoms. The van der Waals surface area contributed by atoms with E-state index in [1.54, 1.807) is 0 Å². The molecule has 1 aliphatic rings. The second-order valence-corrected chi connectivity index (χ2v) is 9.03. The summed E-state index contributed by atoms with van der Waals surface area (Å²) >= 11 is 0. The van der Waals surface area contributed by atoms with Gasteiger partial charge in [0.25, 0.3) is 0 Å². The number of ether oxygens (including phenoxy) is 1. The Morgan fingerprint density at radius 1 is 0.939 bits per heavy atom. The molecule has 0 bridgehead atoms. The number of alkyl carbamates (subject to hydrolysis) is 1. The smallest absolute Gasteiger partial charge is 0.407 e. The van der Waals surface area contributed by atoms with E-state index in [0.29, 0.717) is 0 Å². The maximum atomic E-state index is 12.3. The molecule has 0 saturated heterocycles. The number of fused-ring (bicyclic) bond motifs is 3. The summed E-state index contributed by atoms with van der Waals surface area (Å²) in [7, 11) is 0. The van der Waals surface area contributed by atoms with Gasteiger partial charge in [0, 0.05) is 24.9 Å². The van der Waals surface area contributed by atoms with Gasteiger partial charge in [0.2, 0.25) is 5.91 Å². The first-order valence-electron chi connectivity index (χ1n) is 11.4. The van der Waals surface area contributed by atoms with E-state index in [9.17, 15) is 14.4 Å². The molecule has 2 aromatic rings. The maximum Gasteiger partial charge on any atom is 0.407 e. The van der Waals surface area contributed by atoms with E-state index in [1.165, 1.54) is 11.1 Å². The van der Waals surface area contributed by atoms with Crippen molar-refractivity contribution >= 4 is 18.0 Å². The molecular weight excluding hydrogens is 420 g/mol. The molecule has 0 spiro atoms. The van der Waals surface area contributed by atoms with Crippen LogP contribution in [0.4, 0.5) is 4.79 Å². The predicted octanol–water partition coefficient (Wildman–Crippen LogP) is 4.17. The number of hydrogen-bond acceptors (Lipinski definition) is 4. The van der Waals surface area contributed by atoms with Crippen molar-refractivity contribution in [2.75, 3.05) is 13.2 Å². The van der Waals surface area contributed by atoms with E-state index in [2.05, 4.69) is 34.9 Å². The molecule has 1 unspecified atom stereocenters. The van der Waals surface area contributed by atoms with Gasteiger partial charge in [0.05, 0.1) is 6.42 Å². The Balaban J connectivity index is 1.46. The fraction of sp³-hybridized carbons (Fsp3) is 0.423. The van der Waals surface area contributed by atoms with E-state index in [-0.39, 0.29) is 49.7 Å². The number of aliphatic carboxylic acids is 1. The Morgan fingerprint density at radius 2 is 1.52 bits per heavy atom. The topological polar surface area (TPSA) is 105 Å². The highest BCUT2D eigenvalue weighted by molar-refractivity contribution is 5.79. The first-order valence-corrected chi connectivity index (χ1v) is 11.4. The van der Waals surface area contributed by atoms with Crippen LogP contribution in [0.25, 0.3) is 11.1 Å². The molecule has 0 aliphatic heterocycles. The third kappa shape index (κ3) is 6.34. The minimum absolute atomic E-state index is 0.00597. The Bertz CT molecular complexity index is 958. The van der Waals surface area contributed by atoms with Crippen molar-refractivity contribution in [1.29, 1.82) is 0 Å². The lowest BCUT2D eigenvalue weighted by Crippen LogP contribution is -2.41. The minimum atomic E-state index is -0.945. The van der Waals surface area contributed by atoms with Crippen molar-refractivity contribution < 1.29 is 24.2 Å². The van der Waals surface area contributed by atoms with Crippen molar-refractivity contribution in [3.8, 4) is 11.1 Å². The molecule has 0 heterocycles. The summed E-state index contributed by atoms with van der Waals surface area (Å²) < 4.78 is 5.52. The number of nitrogens with one attached hydrogen (secondary N) is 2. The van der Waals surface area contributed by atoms with Gasteiger partial charge in [-0.3, -0.25) is 9.59 Å². The first-order chi connectivity index (χ1) is 15.8. The first kappa shape index (κ1) is 24.3. The fourth-order valence-electron chi connectivity index (χ4n) is 4.20. The van der Waals surface area contributed by atoms with Crippen LogP contribution >= 0.6 is 0 Å². The molecule has 2 amide bonds. The molecular formula is C26H32N2O5. The third-order valence-corrected chi connectivity index (χ3v) is 6.02. The SMILES string of the molecule is CC(CNC(=O)OCC1c2ccccc2-c2ccccc21)CC(=O)N[C@H](CC(=O)O)C(C)C. The van der Waals surface area contributed by atoms with Gasteiger partial charge in [-0.15, -0.1) is 0 Å². The van der Waals surface area contributed by atoms with Gasteiger partial charge in [-0.25, -0.2) is 4.79 Å². The number of carbonyl (C=O) groups is 3. The molecule has 2 aromatic carbocycles. The molecule has 2 atom stereocenters. The number of carboxylic acids is 1. The standard InChI is InChI=1S/C26H32N2O5/c1-16(2)23(13-25(30)31)28-24(29)12-17(3)14-27-26(32)33-15-22-20-10-6-4-8-18(20)19-9-5-7-11-21(19)22/h4-11,16-17,22-23H,12-15H2,1-3H3,(H,27,32)(H,28,29)(H,30,31)/t17?,23-/m1/s1. The van der Waals surface area contributed by atoms with Gasteiger partial charge in [-0.05, 0) is 34.1 Å². The van der Waals surface area contributed by atoms with Gasteiger partial charge >= 0.3 is 12.1 Å². The zero-order valence-electron chi connectivity index (χ0n) is 19.3. The van der Waals surface area contributed by atoms with Crippen LogP contribution in [0, 0.1) is 11.8 Å². The van der Waals surface area contributed by atoms with Crippen LogP contribution in [0.2, 0.25) is 0 Å². The highest BCUT2D eigenvalue weighted by atomic mass is 16.5. The molecule has 0 aromatic heterocycles. The number of rotatable bonds is 10. The summed E-state index contributed by atoms with van der Waals surface area (Å²) in [6.45, 7) is 6.12. The molecule has 0 saturated carbocycles. The van der Waals surface area contributed by atoms with Crippen LogP contribution in [0.1, 0.15) is 50.7 Å². The zero-order valence-corrected chi connectivity index (χ0v) is 19.3. The van der Waals surface area contributed by atoms with Crippen molar-refractivity contribution in [2.24, 2.45) is 11.8 Å². The third-order valence-electron chi connectivity index (χ3n) is 6.02. The molecule has 0 fully saturated rings. The van der Waals surface area contributed by atoms with Crippen LogP contribution < -0.4 is 10.6 Å². The summed E-state index contributed by atoms with van der Waals surface area (Å²) in [6, 6.07) is 15.9. The Hall–Kier alpha value is -3.35. The van der Waals surface area contributed by atoms with Crippen LogP contribution in [-0.2, 0) is 14.3 Å². The average Bonchev–Trinajstić information content (AvgIpc) is 3.09. The molecule has 7 nitrogen and oxygen atoms in total. The lowest BCUT2D eigenvalue weighted by atomic mass is 9.98. The van der Waals surface area contributed by atoms with Crippen LogP contribution in [0.5, 0.6) is 0 Å². The molecule has 3 N–H and O–H groups in total. The van der Waals surface area contributed by atoms with Crippen molar-refractivity contribution in [1.82, 2.24) is 10.6 Å². The van der Waals surface area contributed by atoms with Gasteiger partial charge in [-0.2, -0.15) is 0 Å². The number of carboxylic acid groups (broad SMARTS) is 1. The van der Waals surface area contributed by atoms with Gasteiger partial charge in [0.1, 0.15) is 6.61 Å². The zero-order chi connectivity index (χ0) is 24.0. The molecule has 7 heteroatoms. The fourth-order valence-corrected chi connectivity index (χ4v) is 4.20. The average molecular weight is 453 g/mol. The normalized spacial score (nSPS) is 14.2. The van der Waals surface area contributed by atoms with Gasteiger partial charge < -0.3 is 20.5 Å². The molecule has 3 rings (SSSR count). The van der Waals surface area contributed by atoms with E-state index >= 15 is 0 Å². The Morgan fingerprint density at radius 3 is 2.06 bits per heavy atom. The number of benzene rings is 2. The van der Waals surface area contributed by atoms with E-state index in [0.717, 1.165) is 11.1 Å². The lowest BCUT2D eigenvalue weighted by molar-refractivity contribution is -0.138. The number of hydrogen-bond donors (Lipinski definition) is 3. The van der Waals surface area contributed by atoms with E-state index in [4.69, 9.17) is 9.84 Å². The van der Waals surface area contributed by atoms with E-state index in [1.807, 2.05) is 45.0 Å². The Labute approximate surface area is 194 Å². The van der Waals surface area contributed by atoms with Gasteiger partial charge in [0.15, 0.2) is 0 Å². The molecule has 1 aliphatic carbocycles. The second-order valence-electron chi connectivity index (χ2n) is 9.03.